The van der Waals surface area contributed by atoms with E-state index >= 15 is 0 Å². The Morgan fingerprint density at radius 3 is 2.05 bits per heavy atom. The molecule has 2 aromatic rings. The Balaban J connectivity index is 2.20. The molecule has 1 N–H and O–H groups in total. The van der Waals surface area contributed by atoms with Crippen LogP contribution in [0.4, 0.5) is 0 Å². The van der Waals surface area contributed by atoms with Crippen molar-refractivity contribution in [2.75, 3.05) is 34.5 Å². The number of nitrogens with zero attached hydrogens (tertiary/aromatic N) is 1. The molecule has 0 saturated carbocycles. The number of aliphatic hydroxyl groups is 1. The first-order valence-corrected chi connectivity index (χ1v) is 12.5. The molecule has 0 radical (unpaired) electrons. The van der Waals surface area contributed by atoms with E-state index in [4.69, 9.17) is 23.7 Å². The number of carbonyl (C=O) groups excluding carboxylic acids is 2. The monoisotopic (exact) mass is 527 g/mol. The molecule has 3 rings (SSSR count). The molecule has 1 saturated heterocycles. The van der Waals surface area contributed by atoms with E-state index in [1.165, 1.54) is 26.2 Å². The fourth-order valence-corrected chi connectivity index (χ4v) is 4.44. The minimum atomic E-state index is -0.911. The number of likely N-dealkylation sites (tertiary alicyclic amines) is 1. The molecule has 0 spiro atoms. The molecule has 1 aliphatic rings. The molecule has 9 heteroatoms. The van der Waals surface area contributed by atoms with Crippen molar-refractivity contribution < 1.29 is 38.4 Å². The Morgan fingerprint density at radius 1 is 0.921 bits per heavy atom. The molecule has 1 amide bonds. The van der Waals surface area contributed by atoms with Crippen LogP contribution in [0.15, 0.2) is 35.9 Å². The van der Waals surface area contributed by atoms with E-state index < -0.39 is 17.7 Å². The van der Waals surface area contributed by atoms with Gasteiger partial charge in [-0.15, -0.1) is 0 Å². The lowest BCUT2D eigenvalue weighted by atomic mass is 9.94. The maximum absolute atomic E-state index is 13.4. The standard InChI is InChI=1S/C29H37NO8/c1-16(2)37-12-11-30-25(20-14-22(34-6)28(36-8)23(15-20)35-7)24(27(32)29(30)33)26(31)19-9-10-21(18(5)13-19)38-17(3)4/h9-10,13-17,25,31H,11-12H2,1-8H3/b26-24+. The van der Waals surface area contributed by atoms with Crippen molar-refractivity contribution >= 4 is 17.4 Å². The summed E-state index contributed by atoms with van der Waals surface area (Å²) in [6.07, 6.45) is -0.0763. The number of ether oxygens (including phenoxy) is 5. The van der Waals surface area contributed by atoms with E-state index in [1.807, 2.05) is 34.6 Å². The molecule has 1 atom stereocenters. The fourth-order valence-electron chi connectivity index (χ4n) is 4.44. The van der Waals surface area contributed by atoms with E-state index in [-0.39, 0.29) is 36.7 Å². The highest BCUT2D eigenvalue weighted by Gasteiger charge is 2.46. The van der Waals surface area contributed by atoms with Gasteiger partial charge in [0.05, 0.1) is 51.8 Å². The summed E-state index contributed by atoms with van der Waals surface area (Å²) < 4.78 is 27.9. The molecule has 206 valence electrons. The second kappa shape index (κ2) is 12.2. The molecule has 0 aromatic heterocycles. The molecule has 0 bridgehead atoms. The quantitative estimate of drug-likeness (QED) is 0.256. The second-order valence-electron chi connectivity index (χ2n) is 9.52. The van der Waals surface area contributed by atoms with Gasteiger partial charge in [-0.2, -0.15) is 0 Å². The molecule has 9 nitrogen and oxygen atoms in total. The maximum atomic E-state index is 13.4. The van der Waals surface area contributed by atoms with Gasteiger partial charge in [0.15, 0.2) is 11.5 Å². The van der Waals surface area contributed by atoms with Gasteiger partial charge < -0.3 is 33.7 Å². The van der Waals surface area contributed by atoms with Crippen LogP contribution in [0.25, 0.3) is 5.76 Å². The van der Waals surface area contributed by atoms with E-state index in [1.54, 1.807) is 30.3 Å². The van der Waals surface area contributed by atoms with Crippen LogP contribution in [0.1, 0.15) is 50.4 Å². The third kappa shape index (κ3) is 5.88. The summed E-state index contributed by atoms with van der Waals surface area (Å²) in [5, 5.41) is 11.4. The first kappa shape index (κ1) is 28.8. The van der Waals surface area contributed by atoms with Crippen LogP contribution in [0.3, 0.4) is 0 Å². The zero-order valence-electron chi connectivity index (χ0n) is 23.3. The van der Waals surface area contributed by atoms with Crippen LogP contribution in [0, 0.1) is 6.92 Å². The highest BCUT2D eigenvalue weighted by molar-refractivity contribution is 6.46. The highest BCUT2D eigenvalue weighted by atomic mass is 16.5. The number of aliphatic hydroxyl groups excluding tert-OH is 1. The minimum Gasteiger partial charge on any atom is -0.507 e. The lowest BCUT2D eigenvalue weighted by Gasteiger charge is -2.27. The van der Waals surface area contributed by atoms with E-state index in [0.717, 1.165) is 5.56 Å². The number of Topliss-reactive ketones (excluding diaryl/α,β-unsaturated/α-hetero) is 1. The summed E-state index contributed by atoms with van der Waals surface area (Å²) in [6.45, 7) is 9.84. The summed E-state index contributed by atoms with van der Waals surface area (Å²) in [5.41, 5.74) is 1.66. The Kier molecular flexibility index (Phi) is 9.27. The number of methoxy groups -OCH3 is 3. The first-order chi connectivity index (χ1) is 18.0. The summed E-state index contributed by atoms with van der Waals surface area (Å²) in [7, 11) is 4.46. The zero-order valence-corrected chi connectivity index (χ0v) is 23.3. The van der Waals surface area contributed by atoms with Crippen molar-refractivity contribution in [3.05, 3.63) is 52.6 Å². The Bertz CT molecular complexity index is 1190. The highest BCUT2D eigenvalue weighted by Crippen LogP contribution is 2.45. The Hall–Kier alpha value is -3.72. The first-order valence-electron chi connectivity index (χ1n) is 12.5. The molecule has 0 aliphatic carbocycles. The number of aryl methyl sites for hydroxylation is 1. The minimum absolute atomic E-state index is 0.0217. The van der Waals surface area contributed by atoms with Crippen LogP contribution in [0.5, 0.6) is 23.0 Å². The summed E-state index contributed by atoms with van der Waals surface area (Å²) in [4.78, 5) is 28.0. The molecule has 2 aromatic carbocycles. The van der Waals surface area contributed by atoms with Crippen molar-refractivity contribution in [3.63, 3.8) is 0 Å². The van der Waals surface area contributed by atoms with Crippen molar-refractivity contribution in [1.29, 1.82) is 0 Å². The number of amides is 1. The van der Waals surface area contributed by atoms with Gasteiger partial charge in [-0.1, -0.05) is 0 Å². The SMILES string of the molecule is COc1cc(C2/C(=C(\O)c3ccc(OC(C)C)c(C)c3)C(=O)C(=O)N2CCOC(C)C)cc(OC)c1OC. The lowest BCUT2D eigenvalue weighted by molar-refractivity contribution is -0.140. The largest absolute Gasteiger partial charge is 0.507 e. The predicted molar refractivity (Wildman–Crippen MR) is 143 cm³/mol. The van der Waals surface area contributed by atoms with Gasteiger partial charge in [-0.3, -0.25) is 9.59 Å². The molecular formula is C29H37NO8. The number of ketones is 1. The smallest absolute Gasteiger partial charge is 0.295 e. The Morgan fingerprint density at radius 2 is 1.55 bits per heavy atom. The zero-order chi connectivity index (χ0) is 28.1. The van der Waals surface area contributed by atoms with Crippen molar-refractivity contribution in [2.24, 2.45) is 0 Å². The molecule has 1 unspecified atom stereocenters. The molecule has 1 heterocycles. The topological polar surface area (TPSA) is 104 Å². The number of hydrogen-bond donors (Lipinski definition) is 1. The summed E-state index contributed by atoms with van der Waals surface area (Å²) in [6, 6.07) is 7.58. The average molecular weight is 528 g/mol. The van der Waals surface area contributed by atoms with Crippen LogP contribution in [-0.4, -0.2) is 68.4 Å². The van der Waals surface area contributed by atoms with E-state index in [0.29, 0.717) is 34.1 Å². The summed E-state index contributed by atoms with van der Waals surface area (Å²) >= 11 is 0. The predicted octanol–water partition coefficient (Wildman–Crippen LogP) is 4.65. The van der Waals surface area contributed by atoms with Crippen LogP contribution < -0.4 is 18.9 Å². The normalized spacial score (nSPS) is 16.9. The molecule has 1 aliphatic heterocycles. The van der Waals surface area contributed by atoms with Crippen LogP contribution >= 0.6 is 0 Å². The number of hydrogen-bond acceptors (Lipinski definition) is 8. The summed E-state index contributed by atoms with van der Waals surface area (Å²) in [5.74, 6) is -0.0401. The van der Waals surface area contributed by atoms with Crippen molar-refractivity contribution in [2.45, 2.75) is 52.9 Å². The average Bonchev–Trinajstić information content (AvgIpc) is 3.13. The third-order valence-electron chi connectivity index (χ3n) is 6.14. The van der Waals surface area contributed by atoms with Gasteiger partial charge in [0, 0.05) is 12.1 Å². The van der Waals surface area contributed by atoms with Gasteiger partial charge in [0.1, 0.15) is 11.5 Å². The lowest BCUT2D eigenvalue weighted by Crippen LogP contribution is -2.33. The fraction of sp³-hybridized carbons (Fsp3) is 0.448. The van der Waals surface area contributed by atoms with E-state index in [2.05, 4.69) is 0 Å². The number of rotatable bonds is 11. The third-order valence-corrected chi connectivity index (χ3v) is 6.14. The van der Waals surface area contributed by atoms with Gasteiger partial charge in [-0.05, 0) is 76.1 Å². The van der Waals surface area contributed by atoms with Gasteiger partial charge in [0.25, 0.3) is 11.7 Å². The molecule has 38 heavy (non-hydrogen) atoms. The van der Waals surface area contributed by atoms with Crippen molar-refractivity contribution in [3.8, 4) is 23.0 Å². The van der Waals surface area contributed by atoms with Crippen LogP contribution in [0.2, 0.25) is 0 Å². The Labute approximate surface area is 223 Å². The van der Waals surface area contributed by atoms with Crippen LogP contribution in [-0.2, 0) is 14.3 Å². The maximum Gasteiger partial charge on any atom is 0.295 e. The van der Waals surface area contributed by atoms with Gasteiger partial charge in [0.2, 0.25) is 5.75 Å². The molecule has 1 fully saturated rings. The second-order valence-corrected chi connectivity index (χ2v) is 9.52. The van der Waals surface area contributed by atoms with E-state index in [9.17, 15) is 14.7 Å². The number of benzene rings is 2. The van der Waals surface area contributed by atoms with Crippen molar-refractivity contribution in [1.82, 2.24) is 4.90 Å². The van der Waals surface area contributed by atoms with Gasteiger partial charge >= 0.3 is 0 Å². The van der Waals surface area contributed by atoms with Gasteiger partial charge in [-0.25, -0.2) is 0 Å². The molecular weight excluding hydrogens is 490 g/mol. The number of carbonyl (C=O) groups is 2.